The third kappa shape index (κ3) is 2170. The zero-order chi connectivity index (χ0) is 10.7. The predicted molar refractivity (Wildman–Crippen MR) is 42.3 cm³/mol. The Labute approximate surface area is 143 Å². The summed E-state index contributed by atoms with van der Waals surface area (Å²) in [6, 6.07) is 0. The van der Waals surface area contributed by atoms with Gasteiger partial charge in [0.25, 0.3) is 0 Å². The van der Waals surface area contributed by atoms with Crippen molar-refractivity contribution in [3.05, 3.63) is 0 Å². The molecule has 0 rings (SSSR count). The van der Waals surface area contributed by atoms with Gasteiger partial charge in [-0.15, -0.1) is 0 Å². The van der Waals surface area contributed by atoms with Crippen LogP contribution < -0.4 is 28.8 Å². The van der Waals surface area contributed by atoms with E-state index in [2.05, 4.69) is 0 Å². The van der Waals surface area contributed by atoms with Crippen LogP contribution in [0.5, 0.6) is 0 Å². The first-order valence-electron chi connectivity index (χ1n) is 1.84. The van der Waals surface area contributed by atoms with Crippen LogP contribution in [0.15, 0.2) is 0 Å². The van der Waals surface area contributed by atoms with Gasteiger partial charge in [-0.05, 0) is 0 Å². The van der Waals surface area contributed by atoms with Gasteiger partial charge in [-0.25, -0.2) is 0 Å². The van der Waals surface area contributed by atoms with Crippen molar-refractivity contribution in [2.45, 2.75) is 0 Å². The zero-order valence-electron chi connectivity index (χ0n) is 7.48. The summed E-state index contributed by atoms with van der Waals surface area (Å²) in [6.45, 7) is 0. The van der Waals surface area contributed by atoms with Gasteiger partial charge in [0, 0.05) is 62.2 Å². The topological polar surface area (TPSA) is 190 Å². The molecule has 16 heavy (non-hydrogen) atoms. The van der Waals surface area contributed by atoms with E-state index in [-0.39, 0.29) is 74.3 Å². The quantitative estimate of drug-likeness (QED) is 0.342. The van der Waals surface area contributed by atoms with Crippen LogP contribution in [-0.2, 0) is 13.4 Å². The molecule has 0 bridgehead atoms. The Bertz CT molecular complexity index is 124. The first-order chi connectivity index (χ1) is 5.20. The molecule has 0 N–H and O–H groups in total. The van der Waals surface area contributed by atoms with Crippen molar-refractivity contribution >= 4 is 102 Å². The van der Waals surface area contributed by atoms with Crippen LogP contribution in [0.25, 0.3) is 0 Å². The molecule has 16 heteroatoms. The monoisotopic (exact) mass is 420 g/mol. The van der Waals surface area contributed by atoms with Crippen LogP contribution in [0.2, 0.25) is 0 Å². The minimum absolute atomic E-state index is 0. The average molecular weight is 422 g/mol. The van der Waals surface area contributed by atoms with Gasteiger partial charge in [0.1, 0.15) is 0 Å². The fourth-order valence-corrected chi connectivity index (χ4v) is 0. The van der Waals surface area contributed by atoms with E-state index >= 15 is 0 Å². The Morgan fingerprint density at radius 3 is 0.500 bits per heavy atom. The second-order valence-electron chi connectivity index (χ2n) is 0.750. The van der Waals surface area contributed by atoms with Gasteiger partial charge < -0.3 is 42.2 Å². The molecule has 0 heterocycles. The van der Waals surface area contributed by atoms with Crippen LogP contribution in [0, 0.1) is 0 Å². The van der Waals surface area contributed by atoms with Gasteiger partial charge in [-0.1, -0.05) is 0 Å². The number of hydrogen-bond donors (Lipinski definition) is 0. The molecule has 0 aromatic carbocycles. The van der Waals surface area contributed by atoms with Crippen LogP contribution in [0.3, 0.4) is 0 Å². The standard InChI is InChI=1S/2Al.2Ga.3O3Si/c;;;;3*1-4(2)3/q;;2*+3;3*-2. The first-order valence-corrected chi connectivity index (χ1v) is 5.51. The second kappa shape index (κ2) is 36.0. The van der Waals surface area contributed by atoms with E-state index in [1.165, 1.54) is 0 Å². The van der Waals surface area contributed by atoms with E-state index in [9.17, 15) is 0 Å². The molecule has 9 nitrogen and oxygen atoms in total. The Morgan fingerprint density at radius 2 is 0.500 bits per heavy atom. The minimum Gasteiger partial charge on any atom is -0.672 e. The molecule has 6 radical (unpaired) electrons. The Kier molecular flexibility index (Phi) is 97.6. The van der Waals surface area contributed by atoms with Crippen LogP contribution in [0.4, 0.5) is 0 Å². The summed E-state index contributed by atoms with van der Waals surface area (Å²) < 4.78 is 25.6. The van der Waals surface area contributed by atoms with E-state index in [4.69, 9.17) is 42.2 Å². The average Bonchev–Trinajstić information content (AvgIpc) is 1.54. The molecular weight excluding hydrogens is 422 g/mol. The van der Waals surface area contributed by atoms with E-state index in [1.807, 2.05) is 0 Å². The van der Waals surface area contributed by atoms with Crippen molar-refractivity contribution in [3.8, 4) is 0 Å². The predicted octanol–water partition coefficient (Wildman–Crippen LogP) is -10.2. The third-order valence-electron chi connectivity index (χ3n) is 0. The van der Waals surface area contributed by atoms with Gasteiger partial charge in [-0.2, -0.15) is 0 Å². The fourth-order valence-electron chi connectivity index (χ4n) is 0. The number of rotatable bonds is 0. The second-order valence-corrected chi connectivity index (χ2v) is 2.25. The van der Waals surface area contributed by atoms with Gasteiger partial charge in [-0.3, -0.25) is 0 Å². The van der Waals surface area contributed by atoms with Crippen LogP contribution in [0.1, 0.15) is 0 Å². The molecule has 0 aromatic heterocycles. The maximum absolute atomic E-state index is 8.52. The minimum atomic E-state index is -3.63. The smallest absolute Gasteiger partial charge is 0.672 e. The van der Waals surface area contributed by atoms with Gasteiger partial charge in [0.05, 0.1) is 0 Å². The van der Waals surface area contributed by atoms with Gasteiger partial charge in [0.15, 0.2) is 0 Å². The van der Waals surface area contributed by atoms with E-state index in [0.717, 1.165) is 0 Å². The van der Waals surface area contributed by atoms with Crippen molar-refractivity contribution in [1.29, 1.82) is 0 Å². The van der Waals surface area contributed by atoms with Crippen molar-refractivity contribution < 1.29 is 42.2 Å². The van der Waals surface area contributed by atoms with E-state index in [0.29, 0.717) is 0 Å². The summed E-state index contributed by atoms with van der Waals surface area (Å²) in [4.78, 5) is 51.1. The molecule has 0 unspecified atom stereocenters. The van der Waals surface area contributed by atoms with Crippen molar-refractivity contribution in [2.24, 2.45) is 0 Å². The Hall–Kier alpha value is 1.19. The molecule has 0 aliphatic carbocycles. The number of hydrogen-bond acceptors (Lipinski definition) is 9. The summed E-state index contributed by atoms with van der Waals surface area (Å²) in [5.41, 5.74) is 0. The summed E-state index contributed by atoms with van der Waals surface area (Å²) in [5, 5.41) is 0. The molecule has 0 aliphatic rings. The van der Waals surface area contributed by atoms with Crippen molar-refractivity contribution in [1.82, 2.24) is 0 Å². The largest absolute Gasteiger partial charge is 3.00 e. The van der Waals surface area contributed by atoms with E-state index < -0.39 is 27.5 Å². The molecule has 0 saturated carbocycles. The molecular formula is Al2Ga2O9Si3. The summed E-state index contributed by atoms with van der Waals surface area (Å²) in [5.74, 6) is 0. The zero-order valence-corrected chi connectivity index (χ0v) is 17.6. The molecule has 0 spiro atoms. The maximum Gasteiger partial charge on any atom is 3.00 e. The normalized spacial score (nSPS) is 4.50. The van der Waals surface area contributed by atoms with Crippen molar-refractivity contribution in [3.63, 3.8) is 0 Å². The van der Waals surface area contributed by atoms with Crippen molar-refractivity contribution in [2.75, 3.05) is 0 Å². The summed E-state index contributed by atoms with van der Waals surface area (Å²) in [7, 11) is -10.9. The fraction of sp³-hybridized carbons (Fsp3) is 0. The first kappa shape index (κ1) is 43.4. The van der Waals surface area contributed by atoms with Crippen LogP contribution in [-0.4, -0.2) is 102 Å². The van der Waals surface area contributed by atoms with Crippen LogP contribution >= 0.6 is 0 Å². The van der Waals surface area contributed by atoms with E-state index in [1.54, 1.807) is 0 Å². The molecule has 0 amide bonds. The van der Waals surface area contributed by atoms with Gasteiger partial charge >= 0.3 is 39.6 Å². The SMILES string of the molecule is O=[Si]([O-])[O-].O=[Si]([O-])[O-].O=[Si]([O-])[O-].[Al].[Al].[Ga+3].[Ga+3]. The molecule has 78 valence electrons. The third-order valence-corrected chi connectivity index (χ3v) is 0. The summed E-state index contributed by atoms with van der Waals surface area (Å²) >= 11 is 0. The maximum atomic E-state index is 8.52. The Balaban J connectivity index is -0.0000000135. The summed E-state index contributed by atoms with van der Waals surface area (Å²) in [6.07, 6.45) is 0. The molecule has 0 atom stereocenters. The molecule has 0 saturated heterocycles. The molecule has 0 aromatic rings. The van der Waals surface area contributed by atoms with Gasteiger partial charge in [0.2, 0.25) is 0 Å². The Morgan fingerprint density at radius 1 is 0.500 bits per heavy atom. The molecule has 0 fully saturated rings. The molecule has 0 aliphatic heterocycles.